The Morgan fingerprint density at radius 3 is 2.56 bits per heavy atom. The van der Waals surface area contributed by atoms with E-state index in [1.54, 1.807) is 30.1 Å². The second kappa shape index (κ2) is 10.2. The number of hydrogen-bond acceptors (Lipinski definition) is 6. The average molecular weight is 463 g/mol. The van der Waals surface area contributed by atoms with E-state index in [1.165, 1.54) is 35.1 Å². The second-order valence-corrected chi connectivity index (χ2v) is 8.08. The highest BCUT2D eigenvalue weighted by Gasteiger charge is 2.25. The molecule has 0 spiro atoms. The number of nitro benzene ring substituents is 1. The van der Waals surface area contributed by atoms with Crippen LogP contribution >= 0.6 is 0 Å². The Bertz CT molecular complexity index is 1200. The number of likely N-dealkylation sites (tertiary alicyclic amines) is 1. The van der Waals surface area contributed by atoms with Crippen LogP contribution in [0.5, 0.6) is 5.75 Å². The molecule has 1 aliphatic heterocycles. The highest BCUT2D eigenvalue weighted by molar-refractivity contribution is 6.08. The quantitative estimate of drug-likeness (QED) is 0.421. The molecule has 0 aliphatic carbocycles. The van der Waals surface area contributed by atoms with E-state index in [9.17, 15) is 19.7 Å². The molecular weight excluding hydrogens is 438 g/mol. The van der Waals surface area contributed by atoms with E-state index in [2.05, 4.69) is 10.4 Å². The fourth-order valence-corrected chi connectivity index (χ4v) is 3.86. The van der Waals surface area contributed by atoms with Gasteiger partial charge in [0.05, 0.1) is 16.8 Å². The van der Waals surface area contributed by atoms with E-state index in [1.807, 2.05) is 6.07 Å². The number of nitrogens with zero attached hydrogens (tertiary/aromatic N) is 4. The van der Waals surface area contributed by atoms with Crippen molar-refractivity contribution >= 4 is 23.2 Å². The Kier molecular flexibility index (Phi) is 6.86. The second-order valence-electron chi connectivity index (χ2n) is 8.08. The zero-order valence-corrected chi connectivity index (χ0v) is 18.8. The zero-order valence-electron chi connectivity index (χ0n) is 18.8. The third-order valence-electron chi connectivity index (χ3n) is 5.68. The number of ether oxygens (including phenoxy) is 1. The van der Waals surface area contributed by atoms with Gasteiger partial charge in [-0.15, -0.1) is 0 Å². The first kappa shape index (κ1) is 23.0. The van der Waals surface area contributed by atoms with Crippen molar-refractivity contribution in [3.05, 3.63) is 81.7 Å². The molecule has 2 aromatic carbocycles. The molecule has 176 valence electrons. The molecule has 2 amide bonds. The first-order valence-corrected chi connectivity index (χ1v) is 11.0. The first-order chi connectivity index (χ1) is 16.4. The molecule has 10 heteroatoms. The van der Waals surface area contributed by atoms with Gasteiger partial charge < -0.3 is 15.0 Å². The van der Waals surface area contributed by atoms with Crippen LogP contribution in [-0.2, 0) is 13.7 Å². The summed E-state index contributed by atoms with van der Waals surface area (Å²) in [5, 5.41) is 17.7. The number of aromatic nitrogens is 2. The lowest BCUT2D eigenvalue weighted by Gasteiger charge is -2.27. The van der Waals surface area contributed by atoms with Crippen molar-refractivity contribution in [1.29, 1.82) is 0 Å². The van der Waals surface area contributed by atoms with E-state index in [-0.39, 0.29) is 24.1 Å². The Labute approximate surface area is 196 Å². The summed E-state index contributed by atoms with van der Waals surface area (Å²) >= 11 is 0. The van der Waals surface area contributed by atoms with E-state index in [4.69, 9.17) is 4.74 Å². The van der Waals surface area contributed by atoms with Gasteiger partial charge in [0, 0.05) is 37.8 Å². The van der Waals surface area contributed by atoms with Crippen molar-refractivity contribution in [3.63, 3.8) is 0 Å². The molecular formula is C24H25N5O5. The SMILES string of the molecule is Cn1ncc(NC(=O)c2cccc(COc3ccc([N+](=O)[O-])cc3)c2)c1C(=O)N1CCCCC1. The van der Waals surface area contributed by atoms with Gasteiger partial charge in [-0.05, 0) is 49.1 Å². The van der Waals surface area contributed by atoms with Crippen molar-refractivity contribution in [2.45, 2.75) is 25.9 Å². The number of nitro groups is 1. The summed E-state index contributed by atoms with van der Waals surface area (Å²) in [5.74, 6) is -0.0187. The Morgan fingerprint density at radius 2 is 1.85 bits per heavy atom. The lowest BCUT2D eigenvalue weighted by molar-refractivity contribution is -0.384. The zero-order chi connectivity index (χ0) is 24.1. The van der Waals surface area contributed by atoms with Crippen LogP contribution in [0.1, 0.15) is 45.7 Å². The Hall–Kier alpha value is -4.21. The molecule has 3 aromatic rings. The predicted molar refractivity (Wildman–Crippen MR) is 125 cm³/mol. The molecule has 1 fully saturated rings. The maximum absolute atomic E-state index is 13.0. The number of non-ortho nitro benzene ring substituents is 1. The summed E-state index contributed by atoms with van der Waals surface area (Å²) in [4.78, 5) is 38.0. The molecule has 2 heterocycles. The number of rotatable bonds is 7. The van der Waals surface area contributed by atoms with Crippen LogP contribution in [0, 0.1) is 10.1 Å². The molecule has 1 N–H and O–H groups in total. The number of hydrogen-bond donors (Lipinski definition) is 1. The molecule has 1 aromatic heterocycles. The molecule has 1 aliphatic rings. The topological polar surface area (TPSA) is 120 Å². The van der Waals surface area contributed by atoms with Crippen molar-refractivity contribution in [3.8, 4) is 5.75 Å². The molecule has 10 nitrogen and oxygen atoms in total. The van der Waals surface area contributed by atoms with Gasteiger partial charge in [-0.25, -0.2) is 0 Å². The summed E-state index contributed by atoms with van der Waals surface area (Å²) in [6.07, 6.45) is 4.54. The molecule has 0 saturated carbocycles. The molecule has 0 unspecified atom stereocenters. The minimum atomic E-state index is -0.473. The van der Waals surface area contributed by atoms with Crippen LogP contribution in [0.2, 0.25) is 0 Å². The van der Waals surface area contributed by atoms with Crippen molar-refractivity contribution in [2.75, 3.05) is 18.4 Å². The molecule has 4 rings (SSSR count). The van der Waals surface area contributed by atoms with Crippen LogP contribution in [-0.4, -0.2) is 44.5 Å². The third kappa shape index (κ3) is 5.22. The molecule has 0 atom stereocenters. The van der Waals surface area contributed by atoms with Crippen LogP contribution in [0.3, 0.4) is 0 Å². The van der Waals surface area contributed by atoms with Gasteiger partial charge in [0.25, 0.3) is 17.5 Å². The highest BCUT2D eigenvalue weighted by atomic mass is 16.6. The van der Waals surface area contributed by atoms with Gasteiger partial charge in [0.2, 0.25) is 0 Å². The Morgan fingerprint density at radius 1 is 1.12 bits per heavy atom. The standard InChI is InChI=1S/C24H25N5O5/c1-27-22(24(31)28-12-3-2-4-13-28)21(15-25-27)26-23(30)18-7-5-6-17(14-18)16-34-20-10-8-19(9-11-20)29(32)33/h5-11,14-15H,2-4,12-13,16H2,1H3,(H,26,30). The predicted octanol–water partition coefficient (Wildman–Crippen LogP) is 3.79. The summed E-state index contributed by atoms with van der Waals surface area (Å²) in [6, 6.07) is 12.7. The smallest absolute Gasteiger partial charge is 0.274 e. The van der Waals surface area contributed by atoms with Crippen molar-refractivity contribution in [2.24, 2.45) is 7.05 Å². The average Bonchev–Trinajstić information content (AvgIpc) is 3.22. The van der Waals surface area contributed by atoms with Gasteiger partial charge in [-0.1, -0.05) is 12.1 Å². The van der Waals surface area contributed by atoms with Crippen molar-refractivity contribution < 1.29 is 19.2 Å². The van der Waals surface area contributed by atoms with Gasteiger partial charge in [-0.3, -0.25) is 24.4 Å². The number of carbonyl (C=O) groups excluding carboxylic acids is 2. The lowest BCUT2D eigenvalue weighted by Crippen LogP contribution is -2.37. The van der Waals surface area contributed by atoms with Crippen molar-refractivity contribution in [1.82, 2.24) is 14.7 Å². The van der Waals surface area contributed by atoms with Crippen LogP contribution < -0.4 is 10.1 Å². The lowest BCUT2D eigenvalue weighted by atomic mass is 10.1. The Balaban J connectivity index is 1.43. The monoisotopic (exact) mass is 463 g/mol. The number of piperidine rings is 1. The number of nitrogens with one attached hydrogen (secondary N) is 1. The van der Waals surface area contributed by atoms with E-state index in [0.29, 0.717) is 35.8 Å². The van der Waals surface area contributed by atoms with Gasteiger partial charge in [0.15, 0.2) is 0 Å². The molecule has 34 heavy (non-hydrogen) atoms. The maximum atomic E-state index is 13.0. The summed E-state index contributed by atoms with van der Waals surface area (Å²) in [7, 11) is 1.68. The maximum Gasteiger partial charge on any atom is 0.274 e. The summed E-state index contributed by atoms with van der Waals surface area (Å²) in [5.41, 5.74) is 1.87. The minimum Gasteiger partial charge on any atom is -0.489 e. The van der Waals surface area contributed by atoms with Gasteiger partial charge >= 0.3 is 0 Å². The van der Waals surface area contributed by atoms with Crippen LogP contribution in [0.4, 0.5) is 11.4 Å². The largest absolute Gasteiger partial charge is 0.489 e. The number of amides is 2. The van der Waals surface area contributed by atoms with E-state index < -0.39 is 4.92 Å². The highest BCUT2D eigenvalue weighted by Crippen LogP contribution is 2.21. The fraction of sp³-hybridized carbons (Fsp3) is 0.292. The van der Waals surface area contributed by atoms with E-state index in [0.717, 1.165) is 24.8 Å². The minimum absolute atomic E-state index is 0.0143. The summed E-state index contributed by atoms with van der Waals surface area (Å²) in [6.45, 7) is 1.59. The number of anilines is 1. The molecule has 1 saturated heterocycles. The molecule has 0 bridgehead atoms. The first-order valence-electron chi connectivity index (χ1n) is 11.0. The van der Waals surface area contributed by atoms with E-state index >= 15 is 0 Å². The van der Waals surface area contributed by atoms with Gasteiger partial charge in [-0.2, -0.15) is 5.10 Å². The third-order valence-corrected chi connectivity index (χ3v) is 5.68. The number of aryl methyl sites for hydroxylation is 1. The normalized spacial score (nSPS) is 13.4. The number of carbonyl (C=O) groups is 2. The van der Waals surface area contributed by atoms with Crippen LogP contribution in [0.15, 0.2) is 54.7 Å². The molecule has 0 radical (unpaired) electrons. The number of benzene rings is 2. The van der Waals surface area contributed by atoms with Crippen LogP contribution in [0.25, 0.3) is 0 Å². The summed E-state index contributed by atoms with van der Waals surface area (Å²) < 4.78 is 7.17. The fourth-order valence-electron chi connectivity index (χ4n) is 3.86. The van der Waals surface area contributed by atoms with Gasteiger partial charge in [0.1, 0.15) is 18.1 Å².